The van der Waals surface area contributed by atoms with Crippen molar-refractivity contribution in [1.82, 2.24) is 15.2 Å². The Bertz CT molecular complexity index is 1360. The number of piperidine rings is 1. The Labute approximate surface area is 187 Å². The number of rotatable bonds is 4. The highest BCUT2D eigenvalue weighted by Crippen LogP contribution is 2.36. The molecule has 4 nitrogen and oxygen atoms in total. The first kappa shape index (κ1) is 19.1. The first-order valence-corrected chi connectivity index (χ1v) is 11.5. The number of benzene rings is 3. The van der Waals surface area contributed by atoms with Crippen molar-refractivity contribution in [2.45, 2.75) is 25.2 Å². The summed E-state index contributed by atoms with van der Waals surface area (Å²) in [5.74, 6) is 1.61. The summed E-state index contributed by atoms with van der Waals surface area (Å²) in [4.78, 5) is 5.87. The fraction of sp³-hybridized carbons (Fsp3) is 0.214. The fourth-order valence-corrected chi connectivity index (χ4v) is 5.13. The van der Waals surface area contributed by atoms with Gasteiger partial charge in [0.1, 0.15) is 0 Å². The van der Waals surface area contributed by atoms with E-state index in [1.807, 2.05) is 0 Å². The van der Waals surface area contributed by atoms with Gasteiger partial charge in [0.2, 0.25) is 0 Å². The number of nitrogens with one attached hydrogen (secondary N) is 1. The van der Waals surface area contributed by atoms with Crippen LogP contribution < -0.4 is 4.90 Å². The topological polar surface area (TPSA) is 44.8 Å². The predicted molar refractivity (Wildman–Crippen MR) is 131 cm³/mol. The van der Waals surface area contributed by atoms with Gasteiger partial charge in [-0.2, -0.15) is 5.10 Å². The molecule has 32 heavy (non-hydrogen) atoms. The summed E-state index contributed by atoms with van der Waals surface area (Å²) < 4.78 is 0. The number of H-pyrrole nitrogens is 1. The van der Waals surface area contributed by atoms with E-state index in [1.165, 1.54) is 32.8 Å². The van der Waals surface area contributed by atoms with Crippen LogP contribution in [0.5, 0.6) is 0 Å². The van der Waals surface area contributed by atoms with Crippen molar-refractivity contribution >= 4 is 27.5 Å². The molecule has 3 aromatic carbocycles. The third-order valence-electron chi connectivity index (χ3n) is 6.81. The average Bonchev–Trinajstić information content (AvgIpc) is 3.29. The van der Waals surface area contributed by atoms with Crippen molar-refractivity contribution in [3.8, 4) is 0 Å². The number of fused-ring (bicyclic) bond motifs is 2. The van der Waals surface area contributed by atoms with Crippen LogP contribution in [0.3, 0.4) is 0 Å². The van der Waals surface area contributed by atoms with Gasteiger partial charge in [0.25, 0.3) is 0 Å². The molecule has 0 bridgehead atoms. The summed E-state index contributed by atoms with van der Waals surface area (Å²) in [7, 11) is 0. The second-order valence-corrected chi connectivity index (χ2v) is 8.73. The standard InChI is InChI=1S/C28H26N4/c1-2-8-20(9-3-1)18-27-22-10-4-5-12-24(22)28(31-30-27)32-16-14-21(15-17-32)25-19-29-26-13-7-6-11-23(25)26/h1-13,19,21,29H,14-18H2. The van der Waals surface area contributed by atoms with Gasteiger partial charge in [0.15, 0.2) is 5.82 Å². The van der Waals surface area contributed by atoms with Crippen LogP contribution in [0.25, 0.3) is 21.7 Å². The third kappa shape index (κ3) is 3.42. The smallest absolute Gasteiger partial charge is 0.159 e. The number of nitrogens with zero attached hydrogens (tertiary/aromatic N) is 3. The van der Waals surface area contributed by atoms with E-state index in [-0.39, 0.29) is 0 Å². The maximum atomic E-state index is 4.73. The van der Waals surface area contributed by atoms with Crippen molar-refractivity contribution in [1.29, 1.82) is 0 Å². The Morgan fingerprint density at radius 1 is 0.750 bits per heavy atom. The number of aromatic amines is 1. The first-order valence-electron chi connectivity index (χ1n) is 11.5. The highest BCUT2D eigenvalue weighted by molar-refractivity contribution is 5.93. The Balaban J connectivity index is 1.26. The minimum atomic E-state index is 0.582. The third-order valence-corrected chi connectivity index (χ3v) is 6.81. The van der Waals surface area contributed by atoms with Gasteiger partial charge in [0, 0.05) is 47.4 Å². The van der Waals surface area contributed by atoms with Crippen molar-refractivity contribution in [2.24, 2.45) is 0 Å². The van der Waals surface area contributed by atoms with Gasteiger partial charge in [-0.3, -0.25) is 0 Å². The molecule has 2 aromatic heterocycles. The highest BCUT2D eigenvalue weighted by atomic mass is 15.3. The van der Waals surface area contributed by atoms with E-state index in [4.69, 9.17) is 10.2 Å². The van der Waals surface area contributed by atoms with Crippen LogP contribution in [-0.2, 0) is 6.42 Å². The molecule has 0 aliphatic carbocycles. The van der Waals surface area contributed by atoms with E-state index in [0.29, 0.717) is 5.92 Å². The summed E-state index contributed by atoms with van der Waals surface area (Å²) in [6.07, 6.45) is 5.27. The molecule has 1 aliphatic rings. The van der Waals surface area contributed by atoms with E-state index in [2.05, 4.69) is 94.9 Å². The van der Waals surface area contributed by atoms with E-state index in [9.17, 15) is 0 Å². The lowest BCUT2D eigenvalue weighted by Crippen LogP contribution is -2.33. The van der Waals surface area contributed by atoms with Crippen LogP contribution in [0.4, 0.5) is 5.82 Å². The lowest BCUT2D eigenvalue weighted by atomic mass is 9.89. The number of hydrogen-bond donors (Lipinski definition) is 1. The molecule has 0 radical (unpaired) electrons. The van der Waals surface area contributed by atoms with Gasteiger partial charge in [0.05, 0.1) is 5.69 Å². The van der Waals surface area contributed by atoms with Crippen LogP contribution in [-0.4, -0.2) is 28.3 Å². The van der Waals surface area contributed by atoms with Crippen molar-refractivity contribution in [3.63, 3.8) is 0 Å². The van der Waals surface area contributed by atoms with E-state index >= 15 is 0 Å². The second kappa shape index (κ2) is 8.12. The molecule has 0 spiro atoms. The normalized spacial score (nSPS) is 14.9. The zero-order valence-corrected chi connectivity index (χ0v) is 18.0. The van der Waals surface area contributed by atoms with Gasteiger partial charge in [-0.15, -0.1) is 5.10 Å². The zero-order chi connectivity index (χ0) is 21.3. The maximum absolute atomic E-state index is 4.73. The molecule has 1 aliphatic heterocycles. The van der Waals surface area contributed by atoms with Crippen LogP contribution in [0.1, 0.15) is 35.6 Å². The van der Waals surface area contributed by atoms with Gasteiger partial charge < -0.3 is 9.88 Å². The summed E-state index contributed by atoms with van der Waals surface area (Å²) >= 11 is 0. The minimum absolute atomic E-state index is 0.582. The Morgan fingerprint density at radius 2 is 1.44 bits per heavy atom. The van der Waals surface area contributed by atoms with Crippen molar-refractivity contribution < 1.29 is 0 Å². The zero-order valence-electron chi connectivity index (χ0n) is 18.0. The van der Waals surface area contributed by atoms with E-state index < -0.39 is 0 Å². The molecular weight excluding hydrogens is 392 g/mol. The van der Waals surface area contributed by atoms with Crippen LogP contribution in [0, 0.1) is 0 Å². The molecule has 1 fully saturated rings. The van der Waals surface area contributed by atoms with Crippen LogP contribution in [0.2, 0.25) is 0 Å². The predicted octanol–water partition coefficient (Wildman–Crippen LogP) is 6.09. The maximum Gasteiger partial charge on any atom is 0.159 e. The molecule has 1 saturated heterocycles. The largest absolute Gasteiger partial charge is 0.361 e. The SMILES string of the molecule is c1ccc(Cc2nnc(N3CCC(c4c[nH]c5ccccc45)CC3)c3ccccc23)cc1. The molecule has 1 N–H and O–H groups in total. The molecular formula is C28H26N4. The lowest BCUT2D eigenvalue weighted by molar-refractivity contribution is 0.504. The van der Waals surface area contributed by atoms with Gasteiger partial charge in [-0.05, 0) is 36.0 Å². The van der Waals surface area contributed by atoms with Crippen molar-refractivity contribution in [2.75, 3.05) is 18.0 Å². The second-order valence-electron chi connectivity index (χ2n) is 8.73. The summed E-state index contributed by atoms with van der Waals surface area (Å²) in [5, 5.41) is 13.2. The Kier molecular flexibility index (Phi) is 4.83. The van der Waals surface area contributed by atoms with Gasteiger partial charge in [-0.25, -0.2) is 0 Å². The van der Waals surface area contributed by atoms with Gasteiger partial charge in [-0.1, -0.05) is 72.8 Å². The van der Waals surface area contributed by atoms with E-state index in [1.54, 1.807) is 0 Å². The molecule has 158 valence electrons. The highest BCUT2D eigenvalue weighted by Gasteiger charge is 2.25. The Morgan fingerprint density at radius 3 is 2.25 bits per heavy atom. The van der Waals surface area contributed by atoms with Crippen LogP contribution >= 0.6 is 0 Å². The lowest BCUT2D eigenvalue weighted by Gasteiger charge is -2.33. The molecule has 0 saturated carbocycles. The summed E-state index contributed by atoms with van der Waals surface area (Å²) in [6.45, 7) is 2.00. The summed E-state index contributed by atoms with van der Waals surface area (Å²) in [5.41, 5.74) is 4.99. The molecule has 4 heteroatoms. The molecule has 6 rings (SSSR count). The van der Waals surface area contributed by atoms with Crippen LogP contribution in [0.15, 0.2) is 85.1 Å². The Hall–Kier alpha value is -3.66. The fourth-order valence-electron chi connectivity index (χ4n) is 5.13. The van der Waals surface area contributed by atoms with Crippen molar-refractivity contribution in [3.05, 3.63) is 102 Å². The molecule has 0 atom stereocenters. The number of hydrogen-bond acceptors (Lipinski definition) is 3. The number of para-hydroxylation sites is 1. The molecule has 0 unspecified atom stereocenters. The molecule has 3 heterocycles. The average molecular weight is 419 g/mol. The molecule has 5 aromatic rings. The van der Waals surface area contributed by atoms with Gasteiger partial charge >= 0.3 is 0 Å². The number of anilines is 1. The number of aromatic nitrogens is 3. The first-order chi connectivity index (χ1) is 15.9. The van der Waals surface area contributed by atoms with E-state index in [0.717, 1.165) is 43.9 Å². The monoisotopic (exact) mass is 418 g/mol. The molecule has 0 amide bonds. The minimum Gasteiger partial charge on any atom is -0.361 e. The summed E-state index contributed by atoms with van der Waals surface area (Å²) in [6, 6.07) is 27.7. The quantitative estimate of drug-likeness (QED) is 0.384.